The largest absolute Gasteiger partial charge is 0.493 e. The first kappa shape index (κ1) is 14.7. The van der Waals surface area contributed by atoms with E-state index in [0.717, 1.165) is 19.2 Å². The van der Waals surface area contributed by atoms with Gasteiger partial charge in [-0.3, -0.25) is 0 Å². The Bertz CT molecular complexity index is 574. The summed E-state index contributed by atoms with van der Waals surface area (Å²) in [6, 6.07) is 7.61. The molecule has 1 aromatic carbocycles. The minimum absolute atomic E-state index is 0.453. The molecule has 0 saturated heterocycles. The van der Waals surface area contributed by atoms with Crippen LogP contribution in [0.25, 0.3) is 0 Å². The van der Waals surface area contributed by atoms with Gasteiger partial charge in [0.15, 0.2) is 11.5 Å². The number of thiophene rings is 1. The fourth-order valence-electron chi connectivity index (χ4n) is 1.60. The van der Waals surface area contributed by atoms with E-state index in [1.165, 1.54) is 11.3 Å². The molecule has 2 rings (SSSR count). The molecule has 0 unspecified atom stereocenters. The van der Waals surface area contributed by atoms with Crippen LogP contribution in [0.4, 0.5) is 0 Å². The monoisotopic (exact) mass is 361 g/mol. The maximum absolute atomic E-state index is 5.89. The summed E-state index contributed by atoms with van der Waals surface area (Å²) in [4.78, 5) is 1.06. The molecule has 0 aliphatic heterocycles. The molecule has 3 nitrogen and oxygen atoms in total. The van der Waals surface area contributed by atoms with E-state index >= 15 is 0 Å². The number of halogens is 2. The number of hydrogen-bond acceptors (Lipinski definition) is 4. The summed E-state index contributed by atoms with van der Waals surface area (Å²) in [5, 5.41) is 0. The number of ether oxygens (including phenoxy) is 2. The molecule has 0 fully saturated rings. The lowest BCUT2D eigenvalue weighted by Gasteiger charge is -2.13. The third kappa shape index (κ3) is 3.63. The van der Waals surface area contributed by atoms with E-state index in [2.05, 4.69) is 15.9 Å². The summed E-state index contributed by atoms with van der Waals surface area (Å²) in [7, 11) is 1.61. The molecule has 2 N–H and O–H groups in total. The number of rotatable bonds is 5. The van der Waals surface area contributed by atoms with Crippen molar-refractivity contribution in [1.82, 2.24) is 0 Å². The molecule has 2 aromatic rings. The number of benzene rings is 1. The molecule has 1 aromatic heterocycles. The van der Waals surface area contributed by atoms with E-state index in [4.69, 9.17) is 26.8 Å². The van der Waals surface area contributed by atoms with Crippen molar-refractivity contribution in [2.24, 2.45) is 5.73 Å². The van der Waals surface area contributed by atoms with Crippen molar-refractivity contribution in [2.75, 3.05) is 7.11 Å². The summed E-state index contributed by atoms with van der Waals surface area (Å²) in [6.07, 6.45) is 0. The Balaban J connectivity index is 2.19. The van der Waals surface area contributed by atoms with E-state index in [-0.39, 0.29) is 0 Å². The van der Waals surface area contributed by atoms with Crippen LogP contribution in [0.1, 0.15) is 10.4 Å². The highest BCUT2D eigenvalue weighted by Gasteiger charge is 2.12. The second-order valence-corrected chi connectivity index (χ2v) is 6.46. The minimum Gasteiger partial charge on any atom is -0.493 e. The fourth-order valence-corrected chi connectivity index (χ4v) is 3.21. The van der Waals surface area contributed by atoms with Gasteiger partial charge in [0.2, 0.25) is 0 Å². The molecular weight excluding hydrogens is 350 g/mol. The molecule has 0 amide bonds. The van der Waals surface area contributed by atoms with Crippen molar-refractivity contribution in [3.63, 3.8) is 0 Å². The highest BCUT2D eigenvalue weighted by molar-refractivity contribution is 9.10. The van der Waals surface area contributed by atoms with E-state index in [9.17, 15) is 0 Å². The Morgan fingerprint density at radius 1 is 1.37 bits per heavy atom. The van der Waals surface area contributed by atoms with Gasteiger partial charge in [-0.1, -0.05) is 11.6 Å². The van der Waals surface area contributed by atoms with Gasteiger partial charge >= 0.3 is 0 Å². The smallest absolute Gasteiger partial charge is 0.175 e. The van der Waals surface area contributed by atoms with Crippen molar-refractivity contribution >= 4 is 38.9 Å². The van der Waals surface area contributed by atoms with E-state index in [1.54, 1.807) is 7.11 Å². The lowest BCUT2D eigenvalue weighted by molar-refractivity contribution is 0.285. The average molecular weight is 363 g/mol. The Kier molecular flexibility index (Phi) is 5.10. The van der Waals surface area contributed by atoms with Crippen LogP contribution in [0, 0.1) is 0 Å². The third-order valence-corrected chi connectivity index (χ3v) is 4.31. The summed E-state index contributed by atoms with van der Waals surface area (Å²) < 4.78 is 12.7. The van der Waals surface area contributed by atoms with Gasteiger partial charge in [-0.25, -0.2) is 0 Å². The van der Waals surface area contributed by atoms with E-state index in [1.807, 2.05) is 24.3 Å². The SMILES string of the molecule is COc1cc(CN)cc(Br)c1OCc1ccc(Cl)s1. The van der Waals surface area contributed by atoms with Crippen LogP contribution in [-0.2, 0) is 13.2 Å². The van der Waals surface area contributed by atoms with Crippen LogP contribution >= 0.6 is 38.9 Å². The Morgan fingerprint density at radius 3 is 2.74 bits per heavy atom. The first-order valence-corrected chi connectivity index (χ1v) is 7.56. The van der Waals surface area contributed by atoms with Gasteiger partial charge in [-0.2, -0.15) is 0 Å². The quantitative estimate of drug-likeness (QED) is 0.866. The molecule has 102 valence electrons. The van der Waals surface area contributed by atoms with Crippen LogP contribution in [-0.4, -0.2) is 7.11 Å². The lowest BCUT2D eigenvalue weighted by Crippen LogP contribution is -2.01. The Morgan fingerprint density at radius 2 is 2.16 bits per heavy atom. The molecule has 0 saturated carbocycles. The van der Waals surface area contributed by atoms with Crippen molar-refractivity contribution in [1.29, 1.82) is 0 Å². The van der Waals surface area contributed by atoms with E-state index in [0.29, 0.717) is 24.7 Å². The van der Waals surface area contributed by atoms with Gasteiger partial charge in [0.05, 0.1) is 15.9 Å². The standard InChI is InChI=1S/C13H13BrClNO2S/c1-17-11-5-8(6-16)4-10(14)13(11)18-7-9-2-3-12(15)19-9/h2-5H,6-7,16H2,1H3. The Labute approximate surface area is 129 Å². The zero-order valence-corrected chi connectivity index (χ0v) is 13.4. The number of nitrogens with two attached hydrogens (primary N) is 1. The van der Waals surface area contributed by atoms with Crippen molar-refractivity contribution in [3.8, 4) is 11.5 Å². The van der Waals surface area contributed by atoms with Crippen molar-refractivity contribution < 1.29 is 9.47 Å². The topological polar surface area (TPSA) is 44.5 Å². The molecule has 0 atom stereocenters. The van der Waals surface area contributed by atoms with Crippen LogP contribution in [0.15, 0.2) is 28.7 Å². The number of hydrogen-bond donors (Lipinski definition) is 1. The summed E-state index contributed by atoms with van der Waals surface area (Å²) in [5.74, 6) is 1.33. The van der Waals surface area contributed by atoms with Gasteiger partial charge in [-0.15, -0.1) is 11.3 Å². The van der Waals surface area contributed by atoms with E-state index < -0.39 is 0 Å². The average Bonchev–Trinajstić information content (AvgIpc) is 2.82. The zero-order valence-electron chi connectivity index (χ0n) is 10.3. The molecule has 6 heteroatoms. The first-order valence-electron chi connectivity index (χ1n) is 5.57. The fraction of sp³-hybridized carbons (Fsp3) is 0.231. The van der Waals surface area contributed by atoms with Crippen LogP contribution in [0.5, 0.6) is 11.5 Å². The van der Waals surface area contributed by atoms with Gasteiger partial charge in [-0.05, 0) is 45.8 Å². The predicted octanol–water partition coefficient (Wildman–Crippen LogP) is 4.21. The van der Waals surface area contributed by atoms with Crippen molar-refractivity contribution in [2.45, 2.75) is 13.2 Å². The summed E-state index contributed by atoms with van der Waals surface area (Å²) in [5.41, 5.74) is 6.61. The minimum atomic E-state index is 0.453. The molecule has 0 spiro atoms. The summed E-state index contributed by atoms with van der Waals surface area (Å²) >= 11 is 10.9. The zero-order chi connectivity index (χ0) is 13.8. The van der Waals surface area contributed by atoms with Crippen LogP contribution in [0.3, 0.4) is 0 Å². The van der Waals surface area contributed by atoms with Crippen LogP contribution < -0.4 is 15.2 Å². The first-order chi connectivity index (χ1) is 9.13. The van der Waals surface area contributed by atoms with Gasteiger partial charge < -0.3 is 15.2 Å². The van der Waals surface area contributed by atoms with Crippen LogP contribution in [0.2, 0.25) is 4.34 Å². The second kappa shape index (κ2) is 6.61. The molecule has 1 heterocycles. The maximum Gasteiger partial charge on any atom is 0.175 e. The molecule has 0 aliphatic rings. The van der Waals surface area contributed by atoms with Crippen molar-refractivity contribution in [3.05, 3.63) is 43.5 Å². The predicted molar refractivity (Wildman–Crippen MR) is 82.2 cm³/mol. The maximum atomic E-state index is 5.89. The molecule has 19 heavy (non-hydrogen) atoms. The second-order valence-electron chi connectivity index (χ2n) is 3.81. The molecule has 0 radical (unpaired) electrons. The highest BCUT2D eigenvalue weighted by Crippen LogP contribution is 2.37. The van der Waals surface area contributed by atoms with Gasteiger partial charge in [0.25, 0.3) is 0 Å². The number of methoxy groups -OCH3 is 1. The third-order valence-electron chi connectivity index (χ3n) is 2.51. The molecular formula is C13H13BrClNO2S. The normalized spacial score (nSPS) is 10.5. The van der Waals surface area contributed by atoms with Gasteiger partial charge in [0.1, 0.15) is 6.61 Å². The summed E-state index contributed by atoms with van der Waals surface area (Å²) in [6.45, 7) is 0.907. The lowest BCUT2D eigenvalue weighted by atomic mass is 10.2. The highest BCUT2D eigenvalue weighted by atomic mass is 79.9. The Hall–Kier alpha value is -0.750. The van der Waals surface area contributed by atoms with Gasteiger partial charge in [0, 0.05) is 11.4 Å². The molecule has 0 bridgehead atoms. The molecule has 0 aliphatic carbocycles.